The first-order valence-corrected chi connectivity index (χ1v) is 33.3. The van der Waals surface area contributed by atoms with Crippen LogP contribution in [0.5, 0.6) is 0 Å². The van der Waals surface area contributed by atoms with Gasteiger partial charge in [-0.15, -0.1) is 0 Å². The molecule has 0 saturated carbocycles. The van der Waals surface area contributed by atoms with Crippen molar-refractivity contribution in [1.82, 2.24) is 5.32 Å². The highest BCUT2D eigenvalue weighted by Gasteiger charge is 2.22. The number of allylic oxidation sites excluding steroid dienone is 5. The maximum Gasteiger partial charge on any atom is 0.249 e. The third-order valence-corrected chi connectivity index (χ3v) is 15.7. The Kier molecular flexibility index (Phi) is 61.9. The minimum atomic E-state index is -1.11. The molecular weight excluding hydrogens is 895 g/mol. The van der Waals surface area contributed by atoms with Crippen LogP contribution in [0.4, 0.5) is 0 Å². The summed E-state index contributed by atoms with van der Waals surface area (Å²) < 4.78 is 0. The maximum absolute atomic E-state index is 12.6. The zero-order valence-corrected chi connectivity index (χ0v) is 49.5. The third-order valence-electron chi connectivity index (χ3n) is 15.7. The van der Waals surface area contributed by atoms with Crippen molar-refractivity contribution in [1.29, 1.82) is 0 Å². The summed E-state index contributed by atoms with van der Waals surface area (Å²) in [6.45, 7) is 4.22. The Morgan fingerprint density at radius 2 is 0.562 bits per heavy atom. The maximum atomic E-state index is 12.6. The molecule has 432 valence electrons. The van der Waals surface area contributed by atoms with E-state index < -0.39 is 24.2 Å². The van der Waals surface area contributed by atoms with Crippen molar-refractivity contribution < 1.29 is 20.1 Å². The van der Waals surface area contributed by atoms with E-state index in [2.05, 4.69) is 43.5 Å². The second-order valence-electron chi connectivity index (χ2n) is 23.0. The van der Waals surface area contributed by atoms with Crippen LogP contribution in [0.3, 0.4) is 0 Å². The molecular formula is C68H131NO4. The van der Waals surface area contributed by atoms with Crippen LogP contribution >= 0.6 is 0 Å². The van der Waals surface area contributed by atoms with Crippen LogP contribution in [0.15, 0.2) is 36.5 Å². The van der Waals surface area contributed by atoms with Crippen molar-refractivity contribution in [2.75, 3.05) is 6.61 Å². The third kappa shape index (κ3) is 58.1. The lowest BCUT2D eigenvalue weighted by Crippen LogP contribution is -2.48. The predicted octanol–water partition coefficient (Wildman–Crippen LogP) is 21.3. The highest BCUT2D eigenvalue weighted by Crippen LogP contribution is 2.18. The average molecular weight is 1030 g/mol. The van der Waals surface area contributed by atoms with E-state index in [4.69, 9.17) is 0 Å². The summed E-state index contributed by atoms with van der Waals surface area (Å²) in [5.74, 6) is -0.507. The normalized spacial score (nSPS) is 13.3. The quantitative estimate of drug-likeness (QED) is 0.0361. The van der Waals surface area contributed by atoms with Crippen molar-refractivity contribution in [2.24, 2.45) is 0 Å². The van der Waals surface area contributed by atoms with E-state index in [-0.39, 0.29) is 6.61 Å². The molecule has 73 heavy (non-hydrogen) atoms. The second kappa shape index (κ2) is 63.1. The van der Waals surface area contributed by atoms with Gasteiger partial charge in [-0.1, -0.05) is 346 Å². The number of amides is 1. The molecule has 0 aliphatic heterocycles. The van der Waals surface area contributed by atoms with Crippen LogP contribution in [0.25, 0.3) is 0 Å². The SMILES string of the molecule is CCCCCCCCCCCCCCCCCC/C=C\CCCCCCCCCCCCCCCCCCC(O)C(=O)NC(CO)C(O)/C=C/CC/C=C/CCCCCCCCCCCCCCCCCCC. The van der Waals surface area contributed by atoms with Crippen molar-refractivity contribution >= 4 is 5.91 Å². The van der Waals surface area contributed by atoms with Gasteiger partial charge in [0, 0.05) is 0 Å². The van der Waals surface area contributed by atoms with E-state index in [0.717, 1.165) is 38.5 Å². The molecule has 0 radical (unpaired) electrons. The molecule has 0 aromatic heterocycles. The molecule has 3 unspecified atom stereocenters. The Hall–Kier alpha value is -1.43. The highest BCUT2D eigenvalue weighted by molar-refractivity contribution is 5.80. The number of carbonyl (C=O) groups is 1. The fourth-order valence-electron chi connectivity index (χ4n) is 10.6. The summed E-state index contributed by atoms with van der Waals surface area (Å²) in [5, 5.41) is 33.5. The van der Waals surface area contributed by atoms with E-state index in [1.807, 2.05) is 6.08 Å². The lowest BCUT2D eigenvalue weighted by Gasteiger charge is -2.21. The Balaban J connectivity index is 3.51. The average Bonchev–Trinajstić information content (AvgIpc) is 3.40. The van der Waals surface area contributed by atoms with E-state index in [0.29, 0.717) is 6.42 Å². The summed E-state index contributed by atoms with van der Waals surface area (Å²) in [6.07, 6.45) is 84.2. The van der Waals surface area contributed by atoms with Gasteiger partial charge in [0.05, 0.1) is 18.8 Å². The summed E-state index contributed by atoms with van der Waals surface area (Å²) in [7, 11) is 0. The van der Waals surface area contributed by atoms with E-state index >= 15 is 0 Å². The molecule has 5 nitrogen and oxygen atoms in total. The molecule has 5 heteroatoms. The highest BCUT2D eigenvalue weighted by atomic mass is 16.3. The Labute approximate surface area is 457 Å². The van der Waals surface area contributed by atoms with Crippen molar-refractivity contribution in [3.8, 4) is 0 Å². The van der Waals surface area contributed by atoms with Gasteiger partial charge in [0.2, 0.25) is 5.91 Å². The predicted molar refractivity (Wildman–Crippen MR) is 324 cm³/mol. The number of nitrogens with one attached hydrogen (secondary N) is 1. The molecule has 0 aliphatic carbocycles. The standard InChI is InChI=1S/C68H131NO4/c1-3-5-7-9-11-13-15-17-19-21-23-25-27-28-29-30-31-32-33-34-35-36-37-38-39-41-43-45-47-49-51-53-55-57-59-61-63-67(72)68(73)69-65(64-70)66(71)62-60-58-56-54-52-50-48-46-44-42-40-26-24-22-20-18-16-14-12-10-8-6-4-2/h32-33,52,54,60,62,65-67,70-72H,3-31,34-51,53,55-59,61,63-64H2,1-2H3,(H,69,73)/b33-32-,54-52+,62-60+. The molecule has 0 aliphatic rings. The Morgan fingerprint density at radius 1 is 0.329 bits per heavy atom. The fourth-order valence-corrected chi connectivity index (χ4v) is 10.6. The summed E-state index contributed by atoms with van der Waals surface area (Å²) in [5.41, 5.74) is 0. The number of carbonyl (C=O) groups excluding carboxylic acids is 1. The summed E-state index contributed by atoms with van der Waals surface area (Å²) >= 11 is 0. The molecule has 0 saturated heterocycles. The Morgan fingerprint density at radius 3 is 0.836 bits per heavy atom. The van der Waals surface area contributed by atoms with Crippen LogP contribution in [-0.2, 0) is 4.79 Å². The largest absolute Gasteiger partial charge is 0.394 e. The van der Waals surface area contributed by atoms with Crippen molar-refractivity contribution in [3.05, 3.63) is 36.5 Å². The van der Waals surface area contributed by atoms with Gasteiger partial charge in [0.15, 0.2) is 0 Å². The lowest BCUT2D eigenvalue weighted by atomic mass is 10.0. The number of aliphatic hydroxyl groups is 3. The van der Waals surface area contributed by atoms with Crippen LogP contribution in [0.1, 0.15) is 367 Å². The first-order chi connectivity index (χ1) is 36.1. The minimum Gasteiger partial charge on any atom is -0.394 e. The Bertz CT molecular complexity index is 1130. The first kappa shape index (κ1) is 71.6. The molecule has 0 rings (SSSR count). The summed E-state index contributed by atoms with van der Waals surface area (Å²) in [4.78, 5) is 12.6. The van der Waals surface area contributed by atoms with Gasteiger partial charge in [0.1, 0.15) is 6.10 Å². The first-order valence-electron chi connectivity index (χ1n) is 33.3. The van der Waals surface area contributed by atoms with Gasteiger partial charge in [-0.2, -0.15) is 0 Å². The molecule has 3 atom stereocenters. The zero-order valence-electron chi connectivity index (χ0n) is 49.5. The molecule has 0 aromatic rings. The van der Waals surface area contributed by atoms with E-state index in [1.54, 1.807) is 6.08 Å². The monoisotopic (exact) mass is 1030 g/mol. The summed E-state index contributed by atoms with van der Waals surface area (Å²) in [6, 6.07) is -0.815. The molecule has 4 N–H and O–H groups in total. The minimum absolute atomic E-state index is 0.374. The van der Waals surface area contributed by atoms with Gasteiger partial charge in [0.25, 0.3) is 0 Å². The molecule has 0 bridgehead atoms. The van der Waals surface area contributed by atoms with Crippen LogP contribution < -0.4 is 5.32 Å². The van der Waals surface area contributed by atoms with Crippen LogP contribution in [0.2, 0.25) is 0 Å². The fraction of sp³-hybridized carbons (Fsp3) is 0.897. The van der Waals surface area contributed by atoms with Gasteiger partial charge < -0.3 is 20.6 Å². The van der Waals surface area contributed by atoms with E-state index in [1.165, 1.54) is 308 Å². The van der Waals surface area contributed by atoms with Crippen LogP contribution in [-0.4, -0.2) is 46.1 Å². The van der Waals surface area contributed by atoms with Gasteiger partial charge >= 0.3 is 0 Å². The van der Waals surface area contributed by atoms with E-state index in [9.17, 15) is 20.1 Å². The molecule has 0 fully saturated rings. The van der Waals surface area contributed by atoms with Crippen molar-refractivity contribution in [2.45, 2.75) is 385 Å². The lowest BCUT2D eigenvalue weighted by molar-refractivity contribution is -0.131. The van der Waals surface area contributed by atoms with Gasteiger partial charge in [-0.3, -0.25) is 4.79 Å². The molecule has 0 spiro atoms. The number of rotatable bonds is 62. The van der Waals surface area contributed by atoms with Gasteiger partial charge in [-0.05, 0) is 57.8 Å². The number of unbranched alkanes of at least 4 members (excludes halogenated alkanes) is 50. The number of aliphatic hydroxyl groups excluding tert-OH is 3. The number of hydrogen-bond acceptors (Lipinski definition) is 4. The van der Waals surface area contributed by atoms with Crippen molar-refractivity contribution in [3.63, 3.8) is 0 Å². The topological polar surface area (TPSA) is 89.8 Å². The zero-order chi connectivity index (χ0) is 52.9. The number of hydrogen-bond donors (Lipinski definition) is 4. The van der Waals surface area contributed by atoms with Gasteiger partial charge in [-0.25, -0.2) is 0 Å². The molecule has 1 amide bonds. The second-order valence-corrected chi connectivity index (χ2v) is 23.0. The smallest absolute Gasteiger partial charge is 0.249 e. The molecule has 0 aromatic carbocycles. The van der Waals surface area contributed by atoms with Crippen LogP contribution in [0, 0.1) is 0 Å². The molecule has 0 heterocycles.